The summed E-state index contributed by atoms with van der Waals surface area (Å²) in [5, 5.41) is 0. The SMILES string of the molecule is CCc1ccc(C2CCc3c2cccc3C2OC(COC(C)=O)C(OC(C)=O)C(OC(C)=O)C2OC(C)=O)cc1. The van der Waals surface area contributed by atoms with E-state index in [1.165, 1.54) is 38.8 Å². The molecule has 0 bridgehead atoms. The van der Waals surface area contributed by atoms with Gasteiger partial charge in [-0.25, -0.2) is 0 Å². The molecule has 2 aromatic rings. The van der Waals surface area contributed by atoms with E-state index in [9.17, 15) is 19.2 Å². The van der Waals surface area contributed by atoms with Crippen LogP contribution in [-0.2, 0) is 55.7 Å². The van der Waals surface area contributed by atoms with Gasteiger partial charge in [-0.3, -0.25) is 19.2 Å². The number of aryl methyl sites for hydroxylation is 1. The van der Waals surface area contributed by atoms with Gasteiger partial charge in [0.25, 0.3) is 0 Å². The molecule has 6 unspecified atom stereocenters. The van der Waals surface area contributed by atoms with Crippen LogP contribution in [0, 0.1) is 0 Å². The van der Waals surface area contributed by atoms with E-state index < -0.39 is 54.4 Å². The first-order chi connectivity index (χ1) is 19.1. The summed E-state index contributed by atoms with van der Waals surface area (Å²) in [4.78, 5) is 48.2. The van der Waals surface area contributed by atoms with E-state index in [0.717, 1.165) is 36.0 Å². The first-order valence-corrected chi connectivity index (χ1v) is 13.6. The lowest BCUT2D eigenvalue weighted by atomic mass is 9.86. The molecule has 1 aliphatic heterocycles. The molecule has 1 saturated heterocycles. The Hall–Kier alpha value is -3.72. The second-order valence-corrected chi connectivity index (χ2v) is 10.2. The molecule has 1 heterocycles. The van der Waals surface area contributed by atoms with E-state index in [1.54, 1.807) is 0 Å². The van der Waals surface area contributed by atoms with Crippen LogP contribution >= 0.6 is 0 Å². The lowest BCUT2D eigenvalue weighted by Crippen LogP contribution is -2.59. The van der Waals surface area contributed by atoms with Crippen molar-refractivity contribution >= 4 is 23.9 Å². The van der Waals surface area contributed by atoms with Crippen LogP contribution < -0.4 is 0 Å². The third kappa shape index (κ3) is 6.53. The Morgan fingerprint density at radius 2 is 1.38 bits per heavy atom. The topological polar surface area (TPSA) is 114 Å². The molecule has 6 atom stereocenters. The molecule has 0 amide bonds. The molecule has 1 aliphatic carbocycles. The number of rotatable bonds is 8. The van der Waals surface area contributed by atoms with E-state index in [1.807, 2.05) is 12.1 Å². The highest BCUT2D eigenvalue weighted by Crippen LogP contribution is 2.45. The normalized spacial score (nSPS) is 25.4. The molecule has 0 radical (unpaired) electrons. The molecule has 0 spiro atoms. The van der Waals surface area contributed by atoms with Gasteiger partial charge in [0.15, 0.2) is 18.3 Å². The fourth-order valence-corrected chi connectivity index (χ4v) is 5.76. The zero-order valence-electron chi connectivity index (χ0n) is 23.5. The van der Waals surface area contributed by atoms with Gasteiger partial charge in [-0.15, -0.1) is 0 Å². The smallest absolute Gasteiger partial charge is 0.303 e. The average Bonchev–Trinajstić information content (AvgIpc) is 3.33. The minimum absolute atomic E-state index is 0.187. The van der Waals surface area contributed by atoms with Gasteiger partial charge in [0.1, 0.15) is 18.8 Å². The van der Waals surface area contributed by atoms with Gasteiger partial charge in [-0.2, -0.15) is 0 Å². The van der Waals surface area contributed by atoms with Crippen molar-refractivity contribution in [3.63, 3.8) is 0 Å². The molecule has 1 fully saturated rings. The van der Waals surface area contributed by atoms with Crippen molar-refractivity contribution in [2.45, 2.75) is 90.3 Å². The highest BCUT2D eigenvalue weighted by molar-refractivity contribution is 5.69. The van der Waals surface area contributed by atoms with Crippen molar-refractivity contribution < 1.29 is 42.9 Å². The lowest BCUT2D eigenvalue weighted by molar-refractivity contribution is -0.254. The number of carbonyl (C=O) groups excluding carboxylic acids is 4. The fraction of sp³-hybridized carbons (Fsp3) is 0.484. The number of hydrogen-bond donors (Lipinski definition) is 0. The summed E-state index contributed by atoms with van der Waals surface area (Å²) >= 11 is 0. The van der Waals surface area contributed by atoms with Gasteiger partial charge in [0.05, 0.1) is 0 Å². The Balaban J connectivity index is 1.78. The maximum Gasteiger partial charge on any atom is 0.303 e. The predicted molar refractivity (Wildman–Crippen MR) is 143 cm³/mol. The number of fused-ring (bicyclic) bond motifs is 1. The molecular formula is C31H36O9. The molecule has 40 heavy (non-hydrogen) atoms. The van der Waals surface area contributed by atoms with Crippen LogP contribution in [0.15, 0.2) is 42.5 Å². The standard InChI is InChI=1S/C31H36O9/c1-6-21-10-12-22(13-11-21)23-14-15-25-24(23)8-7-9-26(25)28-30(38-19(4)34)31(39-20(5)35)29(37-18(3)33)27(40-28)16-36-17(2)32/h7-13,23,27-31H,6,14-16H2,1-5H3. The Labute approximate surface area is 234 Å². The van der Waals surface area contributed by atoms with Crippen LogP contribution in [-0.4, -0.2) is 54.9 Å². The third-order valence-electron chi connectivity index (χ3n) is 7.39. The summed E-state index contributed by atoms with van der Waals surface area (Å²) in [6.07, 6.45) is -2.73. The summed E-state index contributed by atoms with van der Waals surface area (Å²) in [6, 6.07) is 14.6. The van der Waals surface area contributed by atoms with Crippen molar-refractivity contribution in [1.82, 2.24) is 0 Å². The third-order valence-corrected chi connectivity index (χ3v) is 7.39. The van der Waals surface area contributed by atoms with Gasteiger partial charge in [-0.1, -0.05) is 49.4 Å². The van der Waals surface area contributed by atoms with Gasteiger partial charge in [-0.05, 0) is 47.1 Å². The van der Waals surface area contributed by atoms with Gasteiger partial charge < -0.3 is 23.7 Å². The van der Waals surface area contributed by atoms with Crippen LogP contribution in [0.2, 0.25) is 0 Å². The fourth-order valence-electron chi connectivity index (χ4n) is 5.76. The Morgan fingerprint density at radius 3 is 1.98 bits per heavy atom. The zero-order chi connectivity index (χ0) is 29.0. The molecular weight excluding hydrogens is 516 g/mol. The predicted octanol–water partition coefficient (Wildman–Crippen LogP) is 4.13. The zero-order valence-corrected chi connectivity index (χ0v) is 23.5. The van der Waals surface area contributed by atoms with Gasteiger partial charge >= 0.3 is 23.9 Å². The number of esters is 4. The molecule has 214 valence electrons. The molecule has 0 saturated carbocycles. The minimum Gasteiger partial charge on any atom is -0.463 e. The Morgan fingerprint density at radius 1 is 0.775 bits per heavy atom. The Bertz CT molecular complexity index is 1250. The molecule has 2 aromatic carbocycles. The molecule has 9 nitrogen and oxygen atoms in total. The first-order valence-electron chi connectivity index (χ1n) is 13.6. The summed E-state index contributed by atoms with van der Waals surface area (Å²) in [6.45, 7) is 6.80. The molecule has 0 N–H and O–H groups in total. The number of hydrogen-bond acceptors (Lipinski definition) is 9. The summed E-state index contributed by atoms with van der Waals surface area (Å²) in [5.41, 5.74) is 5.48. The van der Waals surface area contributed by atoms with Crippen molar-refractivity contribution in [1.29, 1.82) is 0 Å². The van der Waals surface area contributed by atoms with Gasteiger partial charge in [0.2, 0.25) is 0 Å². The molecule has 2 aliphatic rings. The van der Waals surface area contributed by atoms with Gasteiger partial charge in [0, 0.05) is 33.6 Å². The van der Waals surface area contributed by atoms with Crippen molar-refractivity contribution in [3.8, 4) is 0 Å². The lowest BCUT2D eigenvalue weighted by Gasteiger charge is -2.45. The van der Waals surface area contributed by atoms with E-state index in [-0.39, 0.29) is 12.5 Å². The van der Waals surface area contributed by atoms with Crippen LogP contribution in [0.5, 0.6) is 0 Å². The van der Waals surface area contributed by atoms with Crippen LogP contribution in [0.4, 0.5) is 0 Å². The van der Waals surface area contributed by atoms with Crippen LogP contribution in [0.25, 0.3) is 0 Å². The minimum atomic E-state index is -1.20. The second kappa shape index (κ2) is 12.6. The second-order valence-electron chi connectivity index (χ2n) is 10.2. The van der Waals surface area contributed by atoms with E-state index in [4.69, 9.17) is 23.7 Å². The summed E-state index contributed by atoms with van der Waals surface area (Å²) in [7, 11) is 0. The maximum absolute atomic E-state index is 12.3. The van der Waals surface area contributed by atoms with E-state index >= 15 is 0 Å². The highest BCUT2D eigenvalue weighted by atomic mass is 16.7. The molecule has 9 heteroatoms. The highest BCUT2D eigenvalue weighted by Gasteiger charge is 2.53. The molecule has 4 rings (SSSR count). The largest absolute Gasteiger partial charge is 0.463 e. The summed E-state index contributed by atoms with van der Waals surface area (Å²) in [5.74, 6) is -2.29. The maximum atomic E-state index is 12.3. The van der Waals surface area contributed by atoms with Crippen molar-refractivity contribution in [2.75, 3.05) is 6.61 Å². The molecule has 0 aromatic heterocycles. The van der Waals surface area contributed by atoms with Crippen LogP contribution in [0.1, 0.15) is 80.9 Å². The Kier molecular flexibility index (Phi) is 9.25. The number of ether oxygens (including phenoxy) is 5. The van der Waals surface area contributed by atoms with Crippen LogP contribution in [0.3, 0.4) is 0 Å². The van der Waals surface area contributed by atoms with Crippen molar-refractivity contribution in [3.05, 3.63) is 70.3 Å². The number of benzene rings is 2. The first kappa shape index (κ1) is 29.3. The number of carbonyl (C=O) groups is 4. The van der Waals surface area contributed by atoms with Crippen molar-refractivity contribution in [2.24, 2.45) is 0 Å². The quantitative estimate of drug-likeness (QED) is 0.352. The average molecular weight is 553 g/mol. The summed E-state index contributed by atoms with van der Waals surface area (Å²) < 4.78 is 28.5. The van der Waals surface area contributed by atoms with E-state index in [0.29, 0.717) is 0 Å². The van der Waals surface area contributed by atoms with E-state index in [2.05, 4.69) is 37.3 Å². The monoisotopic (exact) mass is 552 g/mol.